The number of benzene rings is 1. The first-order chi connectivity index (χ1) is 6.79. The number of nitrogens with zero attached hydrogens (tertiary/aromatic N) is 1. The Morgan fingerprint density at radius 2 is 2.36 bits per heavy atom. The second kappa shape index (κ2) is 4.31. The summed E-state index contributed by atoms with van der Waals surface area (Å²) in [6, 6.07) is 5.82. The Hall–Kier alpha value is -0.550. The molecule has 0 aliphatic rings. The summed E-state index contributed by atoms with van der Waals surface area (Å²) in [5, 5.41) is 0.774. The number of imidazole rings is 1. The van der Waals surface area contributed by atoms with E-state index in [-0.39, 0.29) is 6.67 Å². The topological polar surface area (TPSA) is 28.7 Å². The highest BCUT2D eigenvalue weighted by atomic mass is 79.9. The van der Waals surface area contributed by atoms with Crippen LogP contribution in [0.4, 0.5) is 4.39 Å². The van der Waals surface area contributed by atoms with Crippen molar-refractivity contribution in [1.29, 1.82) is 0 Å². The van der Waals surface area contributed by atoms with Gasteiger partial charge in [0.2, 0.25) is 0 Å². The number of nitrogens with one attached hydrogen (secondary N) is 1. The lowest BCUT2D eigenvalue weighted by atomic mass is 10.3. The number of H-pyrrole nitrogens is 1. The Kier molecular flexibility index (Phi) is 3.08. The first-order valence-electron chi connectivity index (χ1n) is 4.13. The van der Waals surface area contributed by atoms with E-state index in [0.717, 1.165) is 20.7 Å². The van der Waals surface area contributed by atoms with Crippen molar-refractivity contribution in [3.05, 3.63) is 22.7 Å². The Morgan fingerprint density at radius 1 is 1.50 bits per heavy atom. The van der Waals surface area contributed by atoms with E-state index in [1.165, 1.54) is 11.8 Å². The van der Waals surface area contributed by atoms with Gasteiger partial charge >= 0.3 is 0 Å². The molecule has 0 unspecified atom stereocenters. The van der Waals surface area contributed by atoms with Crippen LogP contribution in [0.2, 0.25) is 0 Å². The number of hydrogen-bond acceptors (Lipinski definition) is 2. The Morgan fingerprint density at radius 3 is 3.14 bits per heavy atom. The van der Waals surface area contributed by atoms with Crippen LogP contribution in [0.15, 0.2) is 27.8 Å². The van der Waals surface area contributed by atoms with E-state index in [2.05, 4.69) is 25.9 Å². The first-order valence-corrected chi connectivity index (χ1v) is 5.91. The fraction of sp³-hybridized carbons (Fsp3) is 0.222. The summed E-state index contributed by atoms with van der Waals surface area (Å²) in [5.41, 5.74) is 1.88. The molecule has 0 aliphatic carbocycles. The molecule has 0 bridgehead atoms. The second-order valence-electron chi connectivity index (χ2n) is 2.74. The number of halogens is 2. The minimum Gasteiger partial charge on any atom is -0.333 e. The minimum absolute atomic E-state index is 0.328. The largest absolute Gasteiger partial charge is 0.333 e. The standard InChI is InChI=1S/C9H8BrFN2S/c10-6-1-2-7-8(5-6)13-9(12-7)14-4-3-11/h1-2,5H,3-4H2,(H,12,13). The summed E-state index contributed by atoms with van der Waals surface area (Å²) in [6.07, 6.45) is 0. The van der Waals surface area contributed by atoms with Crippen LogP contribution in [0, 0.1) is 0 Å². The van der Waals surface area contributed by atoms with E-state index in [1.54, 1.807) is 0 Å². The van der Waals surface area contributed by atoms with E-state index < -0.39 is 0 Å². The SMILES string of the molecule is FCCSc1nc2ccc(Br)cc2[nH]1. The maximum Gasteiger partial charge on any atom is 0.166 e. The number of aromatic amines is 1. The molecule has 0 saturated carbocycles. The number of thioether (sulfide) groups is 1. The summed E-state index contributed by atoms with van der Waals surface area (Å²) >= 11 is 4.77. The van der Waals surface area contributed by atoms with Gasteiger partial charge < -0.3 is 4.98 Å². The van der Waals surface area contributed by atoms with Gasteiger partial charge in [0.1, 0.15) is 0 Å². The zero-order valence-corrected chi connectivity index (χ0v) is 9.66. The van der Waals surface area contributed by atoms with Crippen LogP contribution in [0.1, 0.15) is 0 Å². The molecule has 74 valence electrons. The Balaban J connectivity index is 2.32. The van der Waals surface area contributed by atoms with E-state index >= 15 is 0 Å². The summed E-state index contributed by atoms with van der Waals surface area (Å²) in [6.45, 7) is -0.328. The highest BCUT2D eigenvalue weighted by Crippen LogP contribution is 2.22. The van der Waals surface area contributed by atoms with Crippen LogP contribution in [-0.2, 0) is 0 Å². The number of aromatic nitrogens is 2. The van der Waals surface area contributed by atoms with Crippen LogP contribution in [0.3, 0.4) is 0 Å². The van der Waals surface area contributed by atoms with Crippen LogP contribution in [0.5, 0.6) is 0 Å². The molecule has 14 heavy (non-hydrogen) atoms. The maximum absolute atomic E-state index is 11.9. The van der Waals surface area contributed by atoms with Gasteiger partial charge in [0.05, 0.1) is 17.7 Å². The van der Waals surface area contributed by atoms with Gasteiger partial charge in [0.25, 0.3) is 0 Å². The molecule has 0 aliphatic heterocycles. The predicted molar refractivity (Wildman–Crippen MR) is 60.5 cm³/mol. The second-order valence-corrected chi connectivity index (χ2v) is 4.74. The summed E-state index contributed by atoms with van der Waals surface area (Å²) in [4.78, 5) is 7.44. The fourth-order valence-corrected chi connectivity index (χ4v) is 2.14. The van der Waals surface area contributed by atoms with Gasteiger partial charge in [0.15, 0.2) is 5.16 Å². The third-order valence-corrected chi connectivity index (χ3v) is 3.06. The normalized spacial score (nSPS) is 11.0. The van der Waals surface area contributed by atoms with E-state index in [0.29, 0.717) is 5.75 Å². The van der Waals surface area contributed by atoms with Crippen molar-refractivity contribution in [1.82, 2.24) is 9.97 Å². The van der Waals surface area contributed by atoms with Crippen molar-refractivity contribution >= 4 is 38.7 Å². The lowest BCUT2D eigenvalue weighted by Gasteiger charge is -1.89. The van der Waals surface area contributed by atoms with Crippen LogP contribution < -0.4 is 0 Å². The van der Waals surface area contributed by atoms with Gasteiger partial charge in [0, 0.05) is 10.2 Å². The Labute approximate surface area is 93.4 Å². The molecule has 0 amide bonds. The number of alkyl halides is 1. The van der Waals surface area contributed by atoms with Crippen LogP contribution in [0.25, 0.3) is 11.0 Å². The molecule has 1 aromatic heterocycles. The summed E-state index contributed by atoms with van der Waals surface area (Å²) in [5.74, 6) is 0.445. The quantitative estimate of drug-likeness (QED) is 0.870. The predicted octanol–water partition coefficient (Wildman–Crippen LogP) is 3.39. The van der Waals surface area contributed by atoms with Crippen molar-refractivity contribution in [3.63, 3.8) is 0 Å². The van der Waals surface area contributed by atoms with E-state index in [9.17, 15) is 4.39 Å². The van der Waals surface area contributed by atoms with Gasteiger partial charge in [-0.1, -0.05) is 27.7 Å². The maximum atomic E-state index is 11.9. The average molecular weight is 275 g/mol. The van der Waals surface area contributed by atoms with Gasteiger partial charge in [-0.25, -0.2) is 4.98 Å². The van der Waals surface area contributed by atoms with Crippen molar-refractivity contribution < 1.29 is 4.39 Å². The highest BCUT2D eigenvalue weighted by molar-refractivity contribution is 9.10. The monoisotopic (exact) mass is 274 g/mol. The molecular weight excluding hydrogens is 267 g/mol. The molecule has 1 N–H and O–H groups in total. The van der Waals surface area contributed by atoms with Crippen molar-refractivity contribution in [2.75, 3.05) is 12.4 Å². The first kappa shape index (κ1) is 9.98. The zero-order valence-electron chi connectivity index (χ0n) is 7.26. The van der Waals surface area contributed by atoms with Crippen molar-refractivity contribution in [2.45, 2.75) is 5.16 Å². The molecule has 1 heterocycles. The van der Waals surface area contributed by atoms with Crippen molar-refractivity contribution in [3.8, 4) is 0 Å². The lowest BCUT2D eigenvalue weighted by Crippen LogP contribution is -1.81. The molecule has 2 aromatic rings. The third kappa shape index (κ3) is 2.09. The van der Waals surface area contributed by atoms with E-state index in [4.69, 9.17) is 0 Å². The molecule has 1 aromatic carbocycles. The lowest BCUT2D eigenvalue weighted by molar-refractivity contribution is 0.532. The molecule has 2 rings (SSSR count). The molecule has 0 radical (unpaired) electrons. The van der Waals surface area contributed by atoms with Gasteiger partial charge in [-0.3, -0.25) is 4.39 Å². The highest BCUT2D eigenvalue weighted by Gasteiger charge is 2.02. The van der Waals surface area contributed by atoms with Gasteiger partial charge in [-0.05, 0) is 18.2 Å². The molecule has 5 heteroatoms. The average Bonchev–Trinajstić information content (AvgIpc) is 2.56. The summed E-state index contributed by atoms with van der Waals surface area (Å²) in [7, 11) is 0. The Bertz CT molecular complexity index is 443. The molecule has 0 fully saturated rings. The minimum atomic E-state index is -0.328. The third-order valence-electron chi connectivity index (χ3n) is 1.74. The smallest absolute Gasteiger partial charge is 0.166 e. The number of rotatable bonds is 3. The molecule has 0 spiro atoms. The summed E-state index contributed by atoms with van der Waals surface area (Å²) < 4.78 is 12.9. The fourth-order valence-electron chi connectivity index (χ4n) is 1.16. The number of fused-ring (bicyclic) bond motifs is 1. The van der Waals surface area contributed by atoms with Crippen LogP contribution in [-0.4, -0.2) is 22.4 Å². The molecule has 0 saturated heterocycles. The number of hydrogen-bond donors (Lipinski definition) is 1. The van der Waals surface area contributed by atoms with Crippen molar-refractivity contribution in [2.24, 2.45) is 0 Å². The van der Waals surface area contributed by atoms with Gasteiger partial charge in [-0.2, -0.15) is 0 Å². The molecule has 0 atom stereocenters. The molecular formula is C9H8BrFN2S. The van der Waals surface area contributed by atoms with Crippen LogP contribution >= 0.6 is 27.7 Å². The zero-order chi connectivity index (χ0) is 9.97. The molecule has 2 nitrogen and oxygen atoms in total. The van der Waals surface area contributed by atoms with Gasteiger partial charge in [-0.15, -0.1) is 0 Å². The van der Waals surface area contributed by atoms with E-state index in [1.807, 2.05) is 18.2 Å².